The fourth-order valence-corrected chi connectivity index (χ4v) is 4.99. The number of hydrogen-bond donors (Lipinski definition) is 2. The van der Waals surface area contributed by atoms with E-state index in [4.69, 9.17) is 4.74 Å². The van der Waals surface area contributed by atoms with Crippen LogP contribution < -0.4 is 10.0 Å². The minimum Gasteiger partial charge on any atom is -0.381 e. The van der Waals surface area contributed by atoms with E-state index in [2.05, 4.69) is 10.0 Å². The third-order valence-electron chi connectivity index (χ3n) is 4.03. The molecule has 1 aliphatic carbocycles. The summed E-state index contributed by atoms with van der Waals surface area (Å²) in [5.41, 5.74) is 0. The predicted molar refractivity (Wildman–Crippen MR) is 82.9 cm³/mol. The minimum atomic E-state index is -3.39. The average Bonchev–Trinajstić information content (AvgIpc) is 3.20. The van der Waals surface area contributed by atoms with Crippen LogP contribution in [0.5, 0.6) is 0 Å². The first-order valence-corrected chi connectivity index (χ1v) is 9.88. The summed E-state index contributed by atoms with van der Waals surface area (Å²) in [5, 5.41) is 5.23. The van der Waals surface area contributed by atoms with Gasteiger partial charge in [0, 0.05) is 37.2 Å². The van der Waals surface area contributed by atoms with Crippen molar-refractivity contribution in [3.63, 3.8) is 0 Å². The van der Waals surface area contributed by atoms with E-state index in [0.717, 1.165) is 30.9 Å². The van der Waals surface area contributed by atoms with Crippen LogP contribution in [-0.2, 0) is 21.3 Å². The Kier molecular flexibility index (Phi) is 4.96. The van der Waals surface area contributed by atoms with Crippen molar-refractivity contribution in [2.24, 2.45) is 5.92 Å². The van der Waals surface area contributed by atoms with Gasteiger partial charge in [-0.1, -0.05) is 0 Å². The largest absolute Gasteiger partial charge is 0.381 e. The number of thiophene rings is 1. The zero-order valence-corrected chi connectivity index (χ0v) is 13.6. The monoisotopic (exact) mass is 330 g/mol. The SMILES string of the molecule is O=S(=O)(NCC1CCOCC1)c1ccsc1CNC1CC1. The average molecular weight is 330 g/mol. The first kappa shape index (κ1) is 15.4. The highest BCUT2D eigenvalue weighted by atomic mass is 32.2. The molecular formula is C14H22N2O3S2. The molecule has 118 valence electrons. The maximum atomic E-state index is 12.5. The fraction of sp³-hybridized carbons (Fsp3) is 0.714. The Morgan fingerprint density at radius 1 is 1.24 bits per heavy atom. The van der Waals surface area contributed by atoms with Gasteiger partial charge in [-0.2, -0.15) is 0 Å². The van der Waals surface area contributed by atoms with Crippen LogP contribution in [0.25, 0.3) is 0 Å². The Labute approximate surface area is 130 Å². The van der Waals surface area contributed by atoms with E-state index in [0.29, 0.717) is 29.9 Å². The van der Waals surface area contributed by atoms with Gasteiger partial charge in [-0.25, -0.2) is 13.1 Å². The third-order valence-corrected chi connectivity index (χ3v) is 6.58. The Bertz CT molecular complexity index is 561. The van der Waals surface area contributed by atoms with E-state index < -0.39 is 10.0 Å². The summed E-state index contributed by atoms with van der Waals surface area (Å²) in [6.45, 7) is 2.63. The Balaban J connectivity index is 1.59. The van der Waals surface area contributed by atoms with Crippen LogP contribution in [0.2, 0.25) is 0 Å². The molecule has 1 aromatic heterocycles. The third kappa shape index (κ3) is 4.26. The van der Waals surface area contributed by atoms with Crippen LogP contribution in [0, 0.1) is 5.92 Å². The second kappa shape index (κ2) is 6.75. The molecule has 1 aliphatic heterocycles. The van der Waals surface area contributed by atoms with Gasteiger partial charge in [0.1, 0.15) is 0 Å². The summed E-state index contributed by atoms with van der Waals surface area (Å²) in [5.74, 6) is 0.389. The number of ether oxygens (including phenoxy) is 1. The summed E-state index contributed by atoms with van der Waals surface area (Å²) >= 11 is 1.51. The van der Waals surface area contributed by atoms with E-state index in [1.165, 1.54) is 24.2 Å². The van der Waals surface area contributed by atoms with Crippen LogP contribution in [0.1, 0.15) is 30.6 Å². The molecule has 0 amide bonds. The predicted octanol–water partition coefficient (Wildman–Crippen LogP) is 1.70. The highest BCUT2D eigenvalue weighted by Crippen LogP contribution is 2.25. The molecular weight excluding hydrogens is 308 g/mol. The van der Waals surface area contributed by atoms with Crippen molar-refractivity contribution >= 4 is 21.4 Å². The number of nitrogens with one attached hydrogen (secondary N) is 2. The molecule has 0 atom stereocenters. The van der Waals surface area contributed by atoms with Crippen molar-refractivity contribution in [2.45, 2.75) is 43.2 Å². The van der Waals surface area contributed by atoms with Gasteiger partial charge in [0.15, 0.2) is 0 Å². The molecule has 2 aliphatic rings. The number of sulfonamides is 1. The Hall–Kier alpha value is -0.470. The van der Waals surface area contributed by atoms with Gasteiger partial charge < -0.3 is 10.1 Å². The van der Waals surface area contributed by atoms with Crippen LogP contribution in [0.4, 0.5) is 0 Å². The van der Waals surface area contributed by atoms with Crippen molar-refractivity contribution in [1.82, 2.24) is 10.0 Å². The van der Waals surface area contributed by atoms with E-state index >= 15 is 0 Å². The summed E-state index contributed by atoms with van der Waals surface area (Å²) in [4.78, 5) is 1.34. The molecule has 2 fully saturated rings. The van der Waals surface area contributed by atoms with E-state index in [1.807, 2.05) is 5.38 Å². The second-order valence-electron chi connectivity index (χ2n) is 5.77. The Morgan fingerprint density at radius 3 is 2.71 bits per heavy atom. The summed E-state index contributed by atoms with van der Waals surface area (Å²) < 4.78 is 33.0. The topological polar surface area (TPSA) is 67.4 Å². The van der Waals surface area contributed by atoms with Crippen molar-refractivity contribution in [3.05, 3.63) is 16.3 Å². The van der Waals surface area contributed by atoms with Gasteiger partial charge >= 0.3 is 0 Å². The normalized spacial score (nSPS) is 20.8. The van der Waals surface area contributed by atoms with Gasteiger partial charge in [0.25, 0.3) is 0 Å². The minimum absolute atomic E-state index is 0.389. The summed E-state index contributed by atoms with van der Waals surface area (Å²) in [6, 6.07) is 2.29. The first-order valence-electron chi connectivity index (χ1n) is 7.52. The molecule has 2 N–H and O–H groups in total. The molecule has 1 saturated heterocycles. The maximum Gasteiger partial charge on any atom is 0.241 e. The van der Waals surface area contributed by atoms with Crippen LogP contribution in [0.3, 0.4) is 0 Å². The number of hydrogen-bond acceptors (Lipinski definition) is 5. The van der Waals surface area contributed by atoms with Crippen LogP contribution in [-0.4, -0.2) is 34.2 Å². The van der Waals surface area contributed by atoms with Gasteiger partial charge in [-0.15, -0.1) is 11.3 Å². The summed E-state index contributed by atoms with van der Waals surface area (Å²) in [6.07, 6.45) is 4.27. The molecule has 3 rings (SSSR count). The molecule has 7 heteroatoms. The number of rotatable bonds is 7. The molecule has 0 unspecified atom stereocenters. The van der Waals surface area contributed by atoms with Crippen molar-refractivity contribution in [1.29, 1.82) is 0 Å². The van der Waals surface area contributed by atoms with Crippen LogP contribution in [0.15, 0.2) is 16.3 Å². The lowest BCUT2D eigenvalue weighted by Gasteiger charge is -2.22. The zero-order chi connectivity index (χ0) is 14.7. The highest BCUT2D eigenvalue weighted by Gasteiger charge is 2.24. The smallest absolute Gasteiger partial charge is 0.241 e. The molecule has 21 heavy (non-hydrogen) atoms. The molecule has 0 spiro atoms. The second-order valence-corrected chi connectivity index (χ2v) is 8.51. The van der Waals surface area contributed by atoms with Crippen molar-refractivity contribution in [2.75, 3.05) is 19.8 Å². The molecule has 0 aromatic carbocycles. The van der Waals surface area contributed by atoms with E-state index in [-0.39, 0.29) is 0 Å². The molecule has 5 nitrogen and oxygen atoms in total. The maximum absolute atomic E-state index is 12.5. The van der Waals surface area contributed by atoms with Gasteiger partial charge in [-0.3, -0.25) is 0 Å². The quantitative estimate of drug-likeness (QED) is 0.799. The lowest BCUT2D eigenvalue weighted by molar-refractivity contribution is 0.0678. The molecule has 1 saturated carbocycles. The molecule has 1 aromatic rings. The molecule has 0 radical (unpaired) electrons. The van der Waals surface area contributed by atoms with E-state index in [9.17, 15) is 8.42 Å². The fourth-order valence-electron chi connectivity index (χ4n) is 2.48. The van der Waals surface area contributed by atoms with Crippen LogP contribution >= 0.6 is 11.3 Å². The summed E-state index contributed by atoms with van der Waals surface area (Å²) in [7, 11) is -3.39. The first-order chi connectivity index (χ1) is 10.1. The lowest BCUT2D eigenvalue weighted by Crippen LogP contribution is -2.32. The van der Waals surface area contributed by atoms with Gasteiger partial charge in [0.05, 0.1) is 4.90 Å². The Morgan fingerprint density at radius 2 is 2.00 bits per heavy atom. The molecule has 0 bridgehead atoms. The van der Waals surface area contributed by atoms with Gasteiger partial charge in [0.2, 0.25) is 10.0 Å². The van der Waals surface area contributed by atoms with Gasteiger partial charge in [-0.05, 0) is 43.0 Å². The standard InChI is InChI=1S/C14H22N2O3S2/c17-21(18,16-9-11-3-6-19-7-4-11)14-5-8-20-13(14)10-15-12-1-2-12/h5,8,11-12,15-16H,1-4,6-7,9-10H2. The lowest BCUT2D eigenvalue weighted by atomic mass is 10.0. The van der Waals surface area contributed by atoms with Crippen molar-refractivity contribution < 1.29 is 13.2 Å². The van der Waals surface area contributed by atoms with E-state index in [1.54, 1.807) is 6.07 Å². The highest BCUT2D eigenvalue weighted by molar-refractivity contribution is 7.89. The molecule has 2 heterocycles. The zero-order valence-electron chi connectivity index (χ0n) is 12.0. The van der Waals surface area contributed by atoms with Crippen molar-refractivity contribution in [3.8, 4) is 0 Å².